The fourth-order valence-corrected chi connectivity index (χ4v) is 4.28. The highest BCUT2D eigenvalue weighted by Gasteiger charge is 2.26. The number of nitrogens with zero attached hydrogens (tertiary/aromatic N) is 2. The average molecular weight is 482 g/mol. The number of anilines is 1. The zero-order valence-electron chi connectivity index (χ0n) is 21.0. The summed E-state index contributed by atoms with van der Waals surface area (Å²) in [5.41, 5.74) is 0.908. The molecule has 2 aromatic rings. The van der Waals surface area contributed by atoms with Crippen LogP contribution in [0.3, 0.4) is 0 Å². The van der Waals surface area contributed by atoms with E-state index >= 15 is 0 Å². The molecule has 0 aromatic heterocycles. The Morgan fingerprint density at radius 2 is 1.69 bits per heavy atom. The summed E-state index contributed by atoms with van der Waals surface area (Å²) in [6.45, 7) is 6.78. The van der Waals surface area contributed by atoms with Crippen LogP contribution >= 0.6 is 0 Å². The zero-order valence-corrected chi connectivity index (χ0v) is 21.0. The van der Waals surface area contributed by atoms with Crippen molar-refractivity contribution in [2.75, 3.05) is 45.3 Å². The summed E-state index contributed by atoms with van der Waals surface area (Å²) in [5, 5.41) is 3.00. The number of hydrogen-bond donors (Lipinski definition) is 1. The van der Waals surface area contributed by atoms with Crippen molar-refractivity contribution in [1.29, 1.82) is 0 Å². The number of likely N-dealkylation sites (tertiary alicyclic amines) is 1. The lowest BCUT2D eigenvalue weighted by atomic mass is 9.96. The smallest absolute Gasteiger partial charge is 0.339 e. The Morgan fingerprint density at radius 1 is 1.03 bits per heavy atom. The Morgan fingerprint density at radius 3 is 2.29 bits per heavy atom. The lowest BCUT2D eigenvalue weighted by molar-refractivity contribution is -0.120. The van der Waals surface area contributed by atoms with Crippen LogP contribution in [0.1, 0.15) is 47.4 Å². The molecule has 0 atom stereocenters. The van der Waals surface area contributed by atoms with Crippen LogP contribution < -0.4 is 15.0 Å². The van der Waals surface area contributed by atoms with Crippen molar-refractivity contribution in [3.63, 3.8) is 0 Å². The second-order valence-corrected chi connectivity index (χ2v) is 9.01. The maximum absolute atomic E-state index is 13.5. The lowest BCUT2D eigenvalue weighted by Crippen LogP contribution is -2.45. The molecule has 8 nitrogen and oxygen atoms in total. The number of hydrogen-bond acceptors (Lipinski definition) is 6. The summed E-state index contributed by atoms with van der Waals surface area (Å²) < 4.78 is 10.1. The first-order valence-corrected chi connectivity index (χ1v) is 12.0. The molecule has 0 aliphatic carbocycles. The predicted molar refractivity (Wildman–Crippen MR) is 135 cm³/mol. The molecule has 0 saturated carbocycles. The number of piperidine rings is 1. The van der Waals surface area contributed by atoms with Gasteiger partial charge in [-0.25, -0.2) is 4.79 Å². The Balaban J connectivity index is 1.76. The molecule has 0 radical (unpaired) electrons. The van der Waals surface area contributed by atoms with Gasteiger partial charge in [-0.05, 0) is 82.1 Å². The number of methoxy groups -OCH3 is 2. The number of para-hydroxylation sites is 1. The molecule has 35 heavy (non-hydrogen) atoms. The molecule has 2 aromatic carbocycles. The van der Waals surface area contributed by atoms with Gasteiger partial charge in [0, 0.05) is 18.2 Å². The van der Waals surface area contributed by atoms with Crippen LogP contribution in [-0.2, 0) is 9.53 Å². The zero-order chi connectivity index (χ0) is 25.4. The highest BCUT2D eigenvalue weighted by molar-refractivity contribution is 6.11. The standard InChI is InChI=1S/C27H35N3O5/c1-19(2)29-15-13-20(14-16-29)17-28-25(31)18-30(24-8-6-5-7-23(24)27(33)35-4)26(32)21-9-11-22(34-3)12-10-21/h5-12,19-20H,13-18H2,1-4H3,(H,28,31). The van der Waals surface area contributed by atoms with Gasteiger partial charge in [0.2, 0.25) is 5.91 Å². The van der Waals surface area contributed by atoms with Gasteiger partial charge in [0.15, 0.2) is 0 Å². The summed E-state index contributed by atoms with van der Waals surface area (Å²) in [4.78, 5) is 42.6. The van der Waals surface area contributed by atoms with E-state index in [0.29, 0.717) is 35.5 Å². The molecule has 8 heteroatoms. The van der Waals surface area contributed by atoms with E-state index in [0.717, 1.165) is 25.9 Å². The molecule has 2 amide bonds. The third-order valence-corrected chi connectivity index (χ3v) is 6.45. The monoisotopic (exact) mass is 481 g/mol. The first kappa shape index (κ1) is 26.2. The Kier molecular flexibility index (Phi) is 9.25. The third-order valence-electron chi connectivity index (χ3n) is 6.45. The van der Waals surface area contributed by atoms with Crippen LogP contribution in [-0.4, -0.2) is 69.1 Å². The van der Waals surface area contributed by atoms with E-state index in [1.54, 1.807) is 55.6 Å². The first-order chi connectivity index (χ1) is 16.8. The molecule has 1 aliphatic heterocycles. The minimum atomic E-state index is -0.578. The lowest BCUT2D eigenvalue weighted by Gasteiger charge is -2.34. The molecular weight excluding hydrogens is 446 g/mol. The molecular formula is C27H35N3O5. The van der Waals surface area contributed by atoms with Crippen LogP contribution in [0, 0.1) is 5.92 Å². The Labute approximate surface area is 207 Å². The number of ether oxygens (including phenoxy) is 2. The third kappa shape index (κ3) is 6.82. The number of carbonyl (C=O) groups is 3. The van der Waals surface area contributed by atoms with Crippen molar-refractivity contribution in [3.8, 4) is 5.75 Å². The topological polar surface area (TPSA) is 88.2 Å². The molecule has 3 rings (SSSR count). The summed E-state index contributed by atoms with van der Waals surface area (Å²) in [6, 6.07) is 13.8. The Bertz CT molecular complexity index is 1010. The van der Waals surface area contributed by atoms with Gasteiger partial charge in [-0.1, -0.05) is 12.1 Å². The fraction of sp³-hybridized carbons (Fsp3) is 0.444. The SMILES string of the molecule is COC(=O)c1ccccc1N(CC(=O)NCC1CCN(C(C)C)CC1)C(=O)c1ccc(OC)cc1. The summed E-state index contributed by atoms with van der Waals surface area (Å²) in [6.07, 6.45) is 2.05. The van der Waals surface area contributed by atoms with Crippen LogP contribution in [0.4, 0.5) is 5.69 Å². The van der Waals surface area contributed by atoms with Gasteiger partial charge in [-0.2, -0.15) is 0 Å². The van der Waals surface area contributed by atoms with Crippen molar-refractivity contribution in [3.05, 3.63) is 59.7 Å². The number of carbonyl (C=O) groups excluding carboxylic acids is 3. The van der Waals surface area contributed by atoms with Crippen molar-refractivity contribution < 1.29 is 23.9 Å². The minimum absolute atomic E-state index is 0.214. The number of benzene rings is 2. The van der Waals surface area contributed by atoms with E-state index < -0.39 is 11.9 Å². The van der Waals surface area contributed by atoms with Crippen molar-refractivity contribution in [2.24, 2.45) is 5.92 Å². The van der Waals surface area contributed by atoms with Crippen LogP contribution in [0.2, 0.25) is 0 Å². The maximum atomic E-state index is 13.5. The minimum Gasteiger partial charge on any atom is -0.497 e. The normalized spacial score (nSPS) is 14.4. The van der Waals surface area contributed by atoms with Gasteiger partial charge >= 0.3 is 5.97 Å². The van der Waals surface area contributed by atoms with Gasteiger partial charge in [0.25, 0.3) is 5.91 Å². The molecule has 0 unspecified atom stereocenters. The molecule has 1 aliphatic rings. The van der Waals surface area contributed by atoms with Crippen molar-refractivity contribution >= 4 is 23.5 Å². The second-order valence-electron chi connectivity index (χ2n) is 9.01. The van der Waals surface area contributed by atoms with Crippen LogP contribution in [0.15, 0.2) is 48.5 Å². The molecule has 0 spiro atoms. The fourth-order valence-electron chi connectivity index (χ4n) is 4.28. The van der Waals surface area contributed by atoms with Crippen LogP contribution in [0.25, 0.3) is 0 Å². The van der Waals surface area contributed by atoms with E-state index in [2.05, 4.69) is 24.1 Å². The number of rotatable bonds is 9. The van der Waals surface area contributed by atoms with E-state index in [9.17, 15) is 14.4 Å². The molecule has 188 valence electrons. The number of amides is 2. The van der Waals surface area contributed by atoms with E-state index in [4.69, 9.17) is 9.47 Å². The molecule has 1 saturated heterocycles. The summed E-state index contributed by atoms with van der Waals surface area (Å²) >= 11 is 0. The van der Waals surface area contributed by atoms with E-state index in [1.165, 1.54) is 12.0 Å². The second kappa shape index (κ2) is 12.4. The van der Waals surface area contributed by atoms with Gasteiger partial charge in [-0.3, -0.25) is 14.5 Å². The molecule has 1 N–H and O–H groups in total. The largest absolute Gasteiger partial charge is 0.497 e. The van der Waals surface area contributed by atoms with E-state index in [-0.39, 0.29) is 18.0 Å². The summed E-state index contributed by atoms with van der Waals surface area (Å²) in [7, 11) is 2.83. The van der Waals surface area contributed by atoms with Crippen molar-refractivity contribution in [1.82, 2.24) is 10.2 Å². The highest BCUT2D eigenvalue weighted by Crippen LogP contribution is 2.24. The van der Waals surface area contributed by atoms with Crippen molar-refractivity contribution in [2.45, 2.75) is 32.7 Å². The Hall–Kier alpha value is -3.39. The van der Waals surface area contributed by atoms with Crippen LogP contribution in [0.5, 0.6) is 5.75 Å². The highest BCUT2D eigenvalue weighted by atomic mass is 16.5. The van der Waals surface area contributed by atoms with Gasteiger partial charge in [0.05, 0.1) is 25.5 Å². The molecule has 1 fully saturated rings. The average Bonchev–Trinajstić information content (AvgIpc) is 2.90. The van der Waals surface area contributed by atoms with Gasteiger partial charge < -0.3 is 19.7 Å². The van der Waals surface area contributed by atoms with Gasteiger partial charge in [-0.15, -0.1) is 0 Å². The quantitative estimate of drug-likeness (QED) is 0.553. The maximum Gasteiger partial charge on any atom is 0.339 e. The first-order valence-electron chi connectivity index (χ1n) is 12.0. The summed E-state index contributed by atoms with van der Waals surface area (Å²) in [5.74, 6) is -0.237. The number of esters is 1. The molecule has 1 heterocycles. The predicted octanol–water partition coefficient (Wildman–Crippen LogP) is 3.37. The van der Waals surface area contributed by atoms with E-state index in [1.807, 2.05) is 0 Å². The van der Waals surface area contributed by atoms with Gasteiger partial charge in [0.1, 0.15) is 12.3 Å². The molecule has 0 bridgehead atoms. The number of nitrogens with one attached hydrogen (secondary N) is 1.